The zero-order valence-electron chi connectivity index (χ0n) is 11.5. The van der Waals surface area contributed by atoms with Crippen LogP contribution in [0.1, 0.15) is 53.4 Å². The molecule has 0 aromatic heterocycles. The van der Waals surface area contributed by atoms with E-state index in [-0.39, 0.29) is 0 Å². The van der Waals surface area contributed by atoms with Crippen molar-refractivity contribution in [1.82, 2.24) is 5.32 Å². The summed E-state index contributed by atoms with van der Waals surface area (Å²) in [5.74, 6) is 1.72. The van der Waals surface area contributed by atoms with Crippen LogP contribution in [0.5, 0.6) is 0 Å². The normalized spacial score (nSPS) is 30.9. The van der Waals surface area contributed by atoms with Crippen molar-refractivity contribution in [1.29, 1.82) is 0 Å². The lowest BCUT2D eigenvalue weighted by Gasteiger charge is -2.34. The highest BCUT2D eigenvalue weighted by Gasteiger charge is 2.26. The summed E-state index contributed by atoms with van der Waals surface area (Å²) in [7, 11) is 0. The summed E-state index contributed by atoms with van der Waals surface area (Å²) >= 11 is 0. The predicted molar refractivity (Wildman–Crippen MR) is 69.7 cm³/mol. The van der Waals surface area contributed by atoms with E-state index in [0.717, 1.165) is 37.5 Å². The van der Waals surface area contributed by atoms with Gasteiger partial charge in [-0.1, -0.05) is 26.7 Å². The molecule has 0 spiro atoms. The molecule has 1 fully saturated rings. The van der Waals surface area contributed by atoms with Crippen LogP contribution in [-0.4, -0.2) is 25.3 Å². The van der Waals surface area contributed by atoms with E-state index in [1.807, 2.05) is 0 Å². The van der Waals surface area contributed by atoms with Crippen molar-refractivity contribution in [3.05, 3.63) is 0 Å². The summed E-state index contributed by atoms with van der Waals surface area (Å²) in [6.07, 6.45) is 5.67. The summed E-state index contributed by atoms with van der Waals surface area (Å²) in [4.78, 5) is 0. The molecule has 0 aromatic rings. The van der Waals surface area contributed by atoms with Crippen LogP contribution in [0.15, 0.2) is 0 Å². The highest BCUT2D eigenvalue weighted by molar-refractivity contribution is 4.81. The Morgan fingerprint density at radius 2 is 2.00 bits per heavy atom. The van der Waals surface area contributed by atoms with E-state index in [2.05, 4.69) is 33.0 Å². The zero-order valence-corrected chi connectivity index (χ0v) is 11.5. The summed E-state index contributed by atoms with van der Waals surface area (Å²) in [6.45, 7) is 11.0. The standard InChI is InChI=1S/C14H29NO/c1-11(2)16-10-6-9-15-14-8-5-7-12(3)13(14)4/h11-15H,5-10H2,1-4H3. The van der Waals surface area contributed by atoms with Crippen molar-refractivity contribution < 1.29 is 4.74 Å². The molecular weight excluding hydrogens is 198 g/mol. The minimum Gasteiger partial charge on any atom is -0.379 e. The minimum atomic E-state index is 0.369. The van der Waals surface area contributed by atoms with E-state index in [1.54, 1.807) is 0 Å². The van der Waals surface area contributed by atoms with Gasteiger partial charge in [-0.3, -0.25) is 0 Å². The van der Waals surface area contributed by atoms with Crippen molar-refractivity contribution in [2.75, 3.05) is 13.2 Å². The molecule has 3 atom stereocenters. The van der Waals surface area contributed by atoms with Gasteiger partial charge < -0.3 is 10.1 Å². The molecule has 0 heterocycles. The van der Waals surface area contributed by atoms with Crippen LogP contribution < -0.4 is 5.32 Å². The first-order chi connectivity index (χ1) is 7.61. The Morgan fingerprint density at radius 3 is 2.69 bits per heavy atom. The monoisotopic (exact) mass is 227 g/mol. The Bertz CT molecular complexity index is 182. The Labute approximate surface area is 101 Å². The fourth-order valence-electron chi connectivity index (χ4n) is 2.55. The van der Waals surface area contributed by atoms with Gasteiger partial charge in [0, 0.05) is 12.6 Å². The van der Waals surface area contributed by atoms with Crippen LogP contribution in [0.4, 0.5) is 0 Å². The molecule has 0 radical (unpaired) electrons. The van der Waals surface area contributed by atoms with Gasteiger partial charge in [-0.25, -0.2) is 0 Å². The maximum atomic E-state index is 5.54. The average molecular weight is 227 g/mol. The molecule has 1 rings (SSSR count). The first kappa shape index (κ1) is 14.0. The van der Waals surface area contributed by atoms with Crippen LogP contribution in [0.3, 0.4) is 0 Å². The Balaban J connectivity index is 2.07. The molecule has 0 saturated heterocycles. The first-order valence-corrected chi connectivity index (χ1v) is 6.96. The predicted octanol–water partition coefficient (Wildman–Crippen LogP) is 3.22. The quantitative estimate of drug-likeness (QED) is 0.704. The molecule has 1 aliphatic rings. The topological polar surface area (TPSA) is 21.3 Å². The van der Waals surface area contributed by atoms with E-state index >= 15 is 0 Å². The number of ether oxygens (including phenoxy) is 1. The highest BCUT2D eigenvalue weighted by atomic mass is 16.5. The largest absolute Gasteiger partial charge is 0.379 e. The molecule has 0 aliphatic heterocycles. The summed E-state index contributed by atoms with van der Waals surface area (Å²) < 4.78 is 5.54. The van der Waals surface area contributed by atoms with Crippen LogP contribution >= 0.6 is 0 Å². The van der Waals surface area contributed by atoms with Gasteiger partial charge >= 0.3 is 0 Å². The van der Waals surface area contributed by atoms with Crippen molar-refractivity contribution >= 4 is 0 Å². The molecule has 1 N–H and O–H groups in total. The minimum absolute atomic E-state index is 0.369. The molecule has 1 saturated carbocycles. The van der Waals surface area contributed by atoms with Gasteiger partial charge in [0.25, 0.3) is 0 Å². The van der Waals surface area contributed by atoms with Gasteiger partial charge in [-0.15, -0.1) is 0 Å². The van der Waals surface area contributed by atoms with Gasteiger partial charge in [0.15, 0.2) is 0 Å². The summed E-state index contributed by atoms with van der Waals surface area (Å²) in [6, 6.07) is 0.739. The third-order valence-electron chi connectivity index (χ3n) is 3.89. The SMILES string of the molecule is CC(C)OCCCNC1CCCC(C)C1C. The third kappa shape index (κ3) is 4.84. The van der Waals surface area contributed by atoms with Gasteiger partial charge in [-0.05, 0) is 45.1 Å². The molecule has 0 amide bonds. The Hall–Kier alpha value is -0.0800. The van der Waals surface area contributed by atoms with E-state index in [9.17, 15) is 0 Å². The highest BCUT2D eigenvalue weighted by Crippen LogP contribution is 2.29. The molecule has 96 valence electrons. The fourth-order valence-corrected chi connectivity index (χ4v) is 2.55. The molecule has 2 nitrogen and oxygen atoms in total. The third-order valence-corrected chi connectivity index (χ3v) is 3.89. The van der Waals surface area contributed by atoms with Crippen LogP contribution in [-0.2, 0) is 4.74 Å². The smallest absolute Gasteiger partial charge is 0.0518 e. The van der Waals surface area contributed by atoms with Gasteiger partial charge in [0.05, 0.1) is 6.10 Å². The number of hydrogen-bond donors (Lipinski definition) is 1. The van der Waals surface area contributed by atoms with Gasteiger partial charge in [0.2, 0.25) is 0 Å². The van der Waals surface area contributed by atoms with Crippen LogP contribution in [0.2, 0.25) is 0 Å². The summed E-state index contributed by atoms with van der Waals surface area (Å²) in [5, 5.41) is 3.70. The van der Waals surface area contributed by atoms with Crippen molar-refractivity contribution in [3.8, 4) is 0 Å². The molecule has 0 aromatic carbocycles. The molecule has 0 bridgehead atoms. The van der Waals surface area contributed by atoms with E-state index in [1.165, 1.54) is 19.3 Å². The lowest BCUT2D eigenvalue weighted by atomic mass is 9.78. The number of hydrogen-bond acceptors (Lipinski definition) is 2. The molecule has 2 heteroatoms. The van der Waals surface area contributed by atoms with Crippen molar-refractivity contribution in [2.24, 2.45) is 11.8 Å². The summed E-state index contributed by atoms with van der Waals surface area (Å²) in [5.41, 5.74) is 0. The Morgan fingerprint density at radius 1 is 1.25 bits per heavy atom. The molecule has 16 heavy (non-hydrogen) atoms. The van der Waals surface area contributed by atoms with E-state index in [0.29, 0.717) is 6.10 Å². The average Bonchev–Trinajstić information content (AvgIpc) is 2.23. The molecular formula is C14H29NO. The van der Waals surface area contributed by atoms with Gasteiger partial charge in [0.1, 0.15) is 0 Å². The second-order valence-electron chi connectivity index (χ2n) is 5.60. The van der Waals surface area contributed by atoms with Gasteiger partial charge in [-0.2, -0.15) is 0 Å². The van der Waals surface area contributed by atoms with Crippen LogP contribution in [0.25, 0.3) is 0 Å². The second-order valence-corrected chi connectivity index (χ2v) is 5.60. The van der Waals surface area contributed by atoms with Crippen molar-refractivity contribution in [2.45, 2.75) is 65.5 Å². The lowest BCUT2D eigenvalue weighted by molar-refractivity contribution is 0.0756. The second kappa shape index (κ2) is 7.29. The molecule has 3 unspecified atom stereocenters. The van der Waals surface area contributed by atoms with Crippen LogP contribution in [0, 0.1) is 11.8 Å². The lowest BCUT2D eigenvalue weighted by Crippen LogP contribution is -2.41. The van der Waals surface area contributed by atoms with E-state index < -0.39 is 0 Å². The molecule has 1 aliphatic carbocycles. The maximum absolute atomic E-state index is 5.54. The zero-order chi connectivity index (χ0) is 12.0. The Kier molecular flexibility index (Phi) is 6.37. The number of nitrogens with one attached hydrogen (secondary N) is 1. The van der Waals surface area contributed by atoms with E-state index in [4.69, 9.17) is 4.74 Å². The maximum Gasteiger partial charge on any atom is 0.0518 e. The van der Waals surface area contributed by atoms with Crippen molar-refractivity contribution in [3.63, 3.8) is 0 Å². The fraction of sp³-hybridized carbons (Fsp3) is 1.00. The number of rotatable bonds is 6. The first-order valence-electron chi connectivity index (χ1n) is 6.96.